The van der Waals surface area contributed by atoms with Crippen molar-refractivity contribution in [1.82, 2.24) is 19.2 Å². The zero-order valence-electron chi connectivity index (χ0n) is 19.6. The molecule has 1 aromatic heterocycles. The number of ether oxygens (including phenoxy) is 1. The predicted octanol–water partition coefficient (Wildman–Crippen LogP) is 3.78. The summed E-state index contributed by atoms with van der Waals surface area (Å²) >= 11 is 0. The van der Waals surface area contributed by atoms with E-state index in [1.165, 1.54) is 39.5 Å². The largest absolute Gasteiger partial charge is 0.493 e. The zero-order valence-corrected chi connectivity index (χ0v) is 20.4. The fourth-order valence-electron chi connectivity index (χ4n) is 4.19. The van der Waals surface area contributed by atoms with Gasteiger partial charge in [0.2, 0.25) is 15.9 Å². The van der Waals surface area contributed by atoms with E-state index in [1.807, 2.05) is 30.3 Å². The standard InChI is InChI=1S/C26H23FN4O5S/c27-21-8-6-19(7-9-21)20-14-22-24(28-17-29-25(22)32)23(15-20)37(34,35)31-12-10-30(11-13-31)26(33)36-16-18-4-2-1-3-5-18/h1-9,14-15,17H,10-13,16H2,(H,28,29,32). The van der Waals surface area contributed by atoms with E-state index in [4.69, 9.17) is 4.74 Å². The van der Waals surface area contributed by atoms with Crippen molar-refractivity contribution in [2.24, 2.45) is 0 Å². The van der Waals surface area contributed by atoms with Gasteiger partial charge in [-0.05, 0) is 41.0 Å². The van der Waals surface area contributed by atoms with Crippen molar-refractivity contribution in [2.45, 2.75) is 11.5 Å². The van der Waals surface area contributed by atoms with E-state index < -0.39 is 21.9 Å². The lowest BCUT2D eigenvalue weighted by atomic mass is 10.0. The lowest BCUT2D eigenvalue weighted by molar-refractivity contribution is 0.0838. The van der Waals surface area contributed by atoms with Gasteiger partial charge in [-0.25, -0.2) is 27.6 Å². The van der Waals surface area contributed by atoms with Gasteiger partial charge in [0, 0.05) is 26.2 Å². The summed E-state index contributed by atoms with van der Waals surface area (Å²) in [5.41, 5.74) is 1.95. The van der Waals surface area contributed by atoms with E-state index in [0.29, 0.717) is 11.1 Å². The molecule has 1 aliphatic rings. The molecule has 3 aromatic carbocycles. The first-order chi connectivity index (χ1) is 17.8. The quantitative estimate of drug-likeness (QED) is 0.424. The van der Waals surface area contributed by atoms with Crippen LogP contribution >= 0.6 is 0 Å². The Kier molecular flexibility index (Phi) is 6.72. The van der Waals surface area contributed by atoms with Gasteiger partial charge in [-0.15, -0.1) is 0 Å². The predicted molar refractivity (Wildman–Crippen MR) is 134 cm³/mol. The summed E-state index contributed by atoms with van der Waals surface area (Å²) in [6.45, 7) is 0.555. The second kappa shape index (κ2) is 10.1. The summed E-state index contributed by atoms with van der Waals surface area (Å²) in [6.07, 6.45) is 0.580. The van der Waals surface area contributed by atoms with Crippen LogP contribution in [-0.4, -0.2) is 65.0 Å². The van der Waals surface area contributed by atoms with Gasteiger partial charge in [-0.1, -0.05) is 42.5 Å². The highest BCUT2D eigenvalue weighted by Crippen LogP contribution is 2.34. The highest BCUT2D eigenvalue weighted by molar-refractivity contribution is 7.89. The molecule has 1 N–H and O–H groups in total. The zero-order chi connectivity index (χ0) is 26.0. The molecule has 0 unspecified atom stereocenters. The molecule has 0 radical (unpaired) electrons. The van der Waals surface area contributed by atoms with Gasteiger partial charge in [0.05, 0.1) is 10.9 Å². The summed E-state index contributed by atoms with van der Waals surface area (Å²) in [6, 6.07) is 17.9. The highest BCUT2D eigenvalue weighted by atomic mass is 32.2. The Morgan fingerprint density at radius 3 is 2.35 bits per heavy atom. The summed E-state index contributed by atoms with van der Waals surface area (Å²) in [4.78, 5) is 21.8. The van der Waals surface area contributed by atoms with E-state index >= 15 is 0 Å². The van der Waals surface area contributed by atoms with E-state index in [1.54, 1.807) is 6.07 Å². The van der Waals surface area contributed by atoms with Crippen molar-refractivity contribution in [3.63, 3.8) is 0 Å². The number of carbonyl (C=O) groups is 1. The summed E-state index contributed by atoms with van der Waals surface area (Å²) in [5, 5.41) is 10.5. The number of piperazine rings is 1. The van der Waals surface area contributed by atoms with Gasteiger partial charge in [0.25, 0.3) is 0 Å². The second-order valence-electron chi connectivity index (χ2n) is 8.51. The molecule has 1 fully saturated rings. The van der Waals surface area contributed by atoms with Crippen LogP contribution in [0.2, 0.25) is 0 Å². The second-order valence-corrected chi connectivity index (χ2v) is 10.4. The molecule has 11 heteroatoms. The molecule has 0 atom stereocenters. The van der Waals surface area contributed by atoms with Gasteiger partial charge in [-0.3, -0.25) is 0 Å². The number of amides is 1. The number of aromatic nitrogens is 2. The third kappa shape index (κ3) is 5.09. The minimum absolute atomic E-state index is 0.0576. The molecule has 0 spiro atoms. The maximum atomic E-state index is 13.7. The first-order valence-electron chi connectivity index (χ1n) is 11.5. The molecule has 1 amide bonds. The fraction of sp³-hybridized carbons (Fsp3) is 0.192. The van der Waals surface area contributed by atoms with Crippen molar-refractivity contribution in [3.05, 3.63) is 84.4 Å². The Morgan fingerprint density at radius 1 is 0.946 bits per heavy atom. The number of hydrogen-bond acceptors (Lipinski definition) is 7. The number of carbonyl (C=O) groups excluding carboxylic acids is 1. The van der Waals surface area contributed by atoms with Crippen LogP contribution in [0.4, 0.5) is 9.18 Å². The smallest absolute Gasteiger partial charge is 0.410 e. The lowest BCUT2D eigenvalue weighted by Crippen LogP contribution is -2.50. The van der Waals surface area contributed by atoms with E-state index in [2.05, 4.69) is 9.97 Å². The van der Waals surface area contributed by atoms with Crippen LogP contribution < -0.4 is 0 Å². The molecule has 9 nitrogen and oxygen atoms in total. The third-order valence-corrected chi connectivity index (χ3v) is 8.09. The molecule has 37 heavy (non-hydrogen) atoms. The van der Waals surface area contributed by atoms with Crippen molar-refractivity contribution in [3.8, 4) is 17.0 Å². The molecule has 5 rings (SSSR count). The van der Waals surface area contributed by atoms with Crippen LogP contribution in [-0.2, 0) is 21.4 Å². The van der Waals surface area contributed by atoms with E-state index in [0.717, 1.165) is 11.9 Å². The number of benzene rings is 3. The topological polar surface area (TPSA) is 113 Å². The number of nitrogens with zero attached hydrogens (tertiary/aromatic N) is 4. The summed E-state index contributed by atoms with van der Waals surface area (Å²) in [5.74, 6) is -0.792. The van der Waals surface area contributed by atoms with Gasteiger partial charge in [0.1, 0.15) is 23.6 Å². The Hall–Kier alpha value is -4.09. The monoisotopic (exact) mass is 522 g/mol. The molecule has 190 valence electrons. The molecule has 0 saturated carbocycles. The average Bonchev–Trinajstić information content (AvgIpc) is 2.92. The molecule has 1 saturated heterocycles. The Bertz CT molecular complexity index is 1540. The van der Waals surface area contributed by atoms with Crippen LogP contribution in [0, 0.1) is 5.82 Å². The van der Waals surface area contributed by atoms with E-state index in [9.17, 15) is 22.7 Å². The number of rotatable bonds is 5. The molecular weight excluding hydrogens is 499 g/mol. The van der Waals surface area contributed by atoms with Gasteiger partial charge in [-0.2, -0.15) is 4.31 Å². The highest BCUT2D eigenvalue weighted by Gasteiger charge is 2.33. The molecule has 4 aromatic rings. The number of halogens is 1. The van der Waals surface area contributed by atoms with Crippen LogP contribution in [0.3, 0.4) is 0 Å². The maximum Gasteiger partial charge on any atom is 0.410 e. The van der Waals surface area contributed by atoms with Gasteiger partial charge >= 0.3 is 6.09 Å². The van der Waals surface area contributed by atoms with Crippen LogP contribution in [0.1, 0.15) is 5.56 Å². The summed E-state index contributed by atoms with van der Waals surface area (Å²) < 4.78 is 47.5. The van der Waals surface area contributed by atoms with Crippen molar-refractivity contribution in [1.29, 1.82) is 0 Å². The van der Waals surface area contributed by atoms with Crippen molar-refractivity contribution < 1.29 is 27.4 Å². The fourth-order valence-corrected chi connectivity index (χ4v) is 5.79. The minimum atomic E-state index is -4.07. The van der Waals surface area contributed by atoms with Gasteiger partial charge < -0.3 is 14.7 Å². The maximum absolute atomic E-state index is 13.7. The molecule has 2 heterocycles. The van der Waals surface area contributed by atoms with Crippen molar-refractivity contribution in [2.75, 3.05) is 26.2 Å². The van der Waals surface area contributed by atoms with Crippen molar-refractivity contribution >= 4 is 27.0 Å². The Labute approximate surface area is 212 Å². The van der Waals surface area contributed by atoms with Crippen LogP contribution in [0.25, 0.3) is 22.0 Å². The molecule has 1 aliphatic heterocycles. The SMILES string of the molecule is O=C(OCc1ccccc1)N1CCN(S(=O)(=O)c2cc(-c3ccc(F)cc3)cc3c(O)ncnc23)CC1. The van der Waals surface area contributed by atoms with Gasteiger partial charge in [0.15, 0.2) is 0 Å². The number of sulfonamides is 1. The third-order valence-electron chi connectivity index (χ3n) is 6.18. The Morgan fingerprint density at radius 2 is 1.65 bits per heavy atom. The molecular formula is C26H23FN4O5S. The number of fused-ring (bicyclic) bond motifs is 1. The molecule has 0 bridgehead atoms. The van der Waals surface area contributed by atoms with Crippen LogP contribution in [0.5, 0.6) is 5.88 Å². The normalized spacial score (nSPS) is 14.6. The van der Waals surface area contributed by atoms with E-state index in [-0.39, 0.29) is 54.5 Å². The summed E-state index contributed by atoms with van der Waals surface area (Å²) in [7, 11) is -4.07. The minimum Gasteiger partial charge on any atom is -0.493 e. The average molecular weight is 523 g/mol. The first-order valence-corrected chi connectivity index (χ1v) is 13.0. The number of hydrogen-bond donors (Lipinski definition) is 1. The lowest BCUT2D eigenvalue weighted by Gasteiger charge is -2.33. The first kappa shape index (κ1) is 24.6. The van der Waals surface area contributed by atoms with Crippen LogP contribution in [0.15, 0.2) is 78.0 Å². The number of aromatic hydroxyl groups is 1. The molecule has 0 aliphatic carbocycles. The Balaban J connectivity index is 1.38.